The molecule has 21 heavy (non-hydrogen) atoms. The lowest BCUT2D eigenvalue weighted by Gasteiger charge is -2.11. The van der Waals surface area contributed by atoms with Crippen LogP contribution in [0.4, 0.5) is 13.2 Å². The molecule has 116 valence electrons. The van der Waals surface area contributed by atoms with Crippen LogP contribution in [0.1, 0.15) is 23.8 Å². The maximum atomic E-state index is 12.1. The molecule has 0 amide bonds. The summed E-state index contributed by atoms with van der Waals surface area (Å²) in [5.41, 5.74) is 2.07. The van der Waals surface area contributed by atoms with E-state index in [1.165, 1.54) is 0 Å². The van der Waals surface area contributed by atoms with Gasteiger partial charge in [0, 0.05) is 12.2 Å². The quantitative estimate of drug-likeness (QED) is 0.624. The summed E-state index contributed by atoms with van der Waals surface area (Å²) in [6.07, 6.45) is -4.32. The van der Waals surface area contributed by atoms with Crippen LogP contribution in [0.2, 0.25) is 0 Å². The second-order valence-corrected chi connectivity index (χ2v) is 5.36. The highest BCUT2D eigenvalue weighted by molar-refractivity contribution is 6.20. The summed E-state index contributed by atoms with van der Waals surface area (Å²) in [5, 5.41) is -0.373. The molecular weight excluding hydrogens is 307 g/mol. The van der Waals surface area contributed by atoms with E-state index in [1.807, 2.05) is 19.1 Å². The van der Waals surface area contributed by atoms with E-state index in [0.717, 1.165) is 5.69 Å². The van der Waals surface area contributed by atoms with Gasteiger partial charge in [0.15, 0.2) is 5.65 Å². The molecule has 0 fully saturated rings. The molecule has 4 nitrogen and oxygen atoms in total. The minimum Gasteiger partial charge on any atom is -0.370 e. The fourth-order valence-corrected chi connectivity index (χ4v) is 2.15. The topological polar surface area (TPSA) is 39.9 Å². The summed E-state index contributed by atoms with van der Waals surface area (Å²) in [7, 11) is 0. The number of halogens is 4. The van der Waals surface area contributed by atoms with Crippen LogP contribution >= 0.6 is 11.6 Å². The fourth-order valence-electron chi connectivity index (χ4n) is 1.98. The minimum atomic E-state index is -4.32. The first-order chi connectivity index (χ1) is 9.78. The zero-order chi connectivity index (χ0) is 15.6. The van der Waals surface area contributed by atoms with Crippen molar-refractivity contribution in [2.75, 3.05) is 13.2 Å². The summed E-state index contributed by atoms with van der Waals surface area (Å²) >= 11 is 6.07. The standard InChI is InChI=1S/C13H15ClF3N3O/c1-8-3-4-10-12(18-8)20(11(19-10)9(2)14)5-6-21-7-13(15,16)17/h3-4,9H,5-7H2,1-2H3. The number of aryl methyl sites for hydroxylation is 1. The van der Waals surface area contributed by atoms with E-state index >= 15 is 0 Å². The van der Waals surface area contributed by atoms with E-state index < -0.39 is 12.8 Å². The molecule has 0 radical (unpaired) electrons. The molecule has 0 spiro atoms. The van der Waals surface area contributed by atoms with Gasteiger partial charge in [0.2, 0.25) is 0 Å². The monoisotopic (exact) mass is 321 g/mol. The van der Waals surface area contributed by atoms with Gasteiger partial charge in [-0.05, 0) is 26.0 Å². The van der Waals surface area contributed by atoms with Crippen molar-refractivity contribution in [3.05, 3.63) is 23.7 Å². The number of hydrogen-bond acceptors (Lipinski definition) is 3. The Kier molecular flexibility index (Phi) is 4.73. The predicted molar refractivity (Wildman–Crippen MR) is 73.4 cm³/mol. The van der Waals surface area contributed by atoms with Crippen molar-refractivity contribution in [1.82, 2.24) is 14.5 Å². The third-order valence-electron chi connectivity index (χ3n) is 2.84. The van der Waals surface area contributed by atoms with Crippen molar-refractivity contribution in [2.45, 2.75) is 31.9 Å². The molecule has 0 aliphatic heterocycles. The second-order valence-electron chi connectivity index (χ2n) is 4.70. The van der Waals surface area contributed by atoms with E-state index in [-0.39, 0.29) is 18.5 Å². The third-order valence-corrected chi connectivity index (χ3v) is 3.04. The van der Waals surface area contributed by atoms with E-state index in [0.29, 0.717) is 17.0 Å². The van der Waals surface area contributed by atoms with E-state index in [2.05, 4.69) is 14.7 Å². The first kappa shape index (κ1) is 16.0. The van der Waals surface area contributed by atoms with Crippen LogP contribution in [0.25, 0.3) is 11.2 Å². The van der Waals surface area contributed by atoms with E-state index in [1.54, 1.807) is 11.5 Å². The lowest BCUT2D eigenvalue weighted by atomic mass is 10.3. The number of hydrogen-bond donors (Lipinski definition) is 0. The van der Waals surface area contributed by atoms with Gasteiger partial charge in [-0.2, -0.15) is 13.2 Å². The number of ether oxygens (including phenoxy) is 1. The Morgan fingerprint density at radius 3 is 2.67 bits per heavy atom. The molecule has 0 aliphatic rings. The van der Waals surface area contributed by atoms with Gasteiger partial charge in [0.1, 0.15) is 17.9 Å². The molecule has 0 bridgehead atoms. The molecule has 0 N–H and O–H groups in total. The van der Waals surface area contributed by atoms with Crippen LogP contribution in [-0.2, 0) is 11.3 Å². The Balaban J connectivity index is 2.20. The molecule has 2 aromatic rings. The van der Waals surface area contributed by atoms with Crippen molar-refractivity contribution < 1.29 is 17.9 Å². The molecule has 0 aliphatic carbocycles. The van der Waals surface area contributed by atoms with Gasteiger partial charge in [-0.25, -0.2) is 9.97 Å². The highest BCUT2D eigenvalue weighted by atomic mass is 35.5. The molecule has 0 saturated heterocycles. The molecule has 2 aromatic heterocycles. The van der Waals surface area contributed by atoms with Crippen LogP contribution in [0.3, 0.4) is 0 Å². The number of imidazole rings is 1. The van der Waals surface area contributed by atoms with Crippen molar-refractivity contribution in [3.8, 4) is 0 Å². The molecule has 2 rings (SSSR count). The highest BCUT2D eigenvalue weighted by Gasteiger charge is 2.27. The second kappa shape index (κ2) is 6.19. The van der Waals surface area contributed by atoms with Crippen LogP contribution in [0, 0.1) is 6.92 Å². The minimum absolute atomic E-state index is 0.0861. The molecule has 8 heteroatoms. The average molecular weight is 322 g/mol. The Morgan fingerprint density at radius 1 is 1.33 bits per heavy atom. The third kappa shape index (κ3) is 4.07. The van der Waals surface area contributed by atoms with Gasteiger partial charge >= 0.3 is 6.18 Å². The lowest BCUT2D eigenvalue weighted by molar-refractivity contribution is -0.174. The predicted octanol–water partition coefficient (Wildman–Crippen LogP) is 3.62. The van der Waals surface area contributed by atoms with Crippen LogP contribution in [0.5, 0.6) is 0 Å². The molecule has 0 saturated carbocycles. The molecular formula is C13H15ClF3N3O. The van der Waals surface area contributed by atoms with Gasteiger partial charge in [-0.15, -0.1) is 11.6 Å². The number of nitrogens with zero attached hydrogens (tertiary/aromatic N) is 3. The summed E-state index contributed by atoms with van der Waals surface area (Å²) < 4.78 is 42.5. The van der Waals surface area contributed by atoms with Crippen LogP contribution in [0.15, 0.2) is 12.1 Å². The zero-order valence-corrected chi connectivity index (χ0v) is 12.4. The maximum Gasteiger partial charge on any atom is 0.411 e. The summed E-state index contributed by atoms with van der Waals surface area (Å²) in [5.74, 6) is 0.570. The lowest BCUT2D eigenvalue weighted by Crippen LogP contribution is -2.19. The fraction of sp³-hybridized carbons (Fsp3) is 0.538. The summed E-state index contributed by atoms with van der Waals surface area (Å²) in [6, 6.07) is 3.63. The Morgan fingerprint density at radius 2 is 2.05 bits per heavy atom. The van der Waals surface area contributed by atoms with Gasteiger partial charge in [0.05, 0.1) is 12.0 Å². The molecule has 0 aromatic carbocycles. The smallest absolute Gasteiger partial charge is 0.370 e. The highest BCUT2D eigenvalue weighted by Crippen LogP contribution is 2.24. The van der Waals surface area contributed by atoms with Crippen molar-refractivity contribution in [2.24, 2.45) is 0 Å². The molecule has 1 unspecified atom stereocenters. The number of fused-ring (bicyclic) bond motifs is 1. The first-order valence-electron chi connectivity index (χ1n) is 6.40. The summed E-state index contributed by atoms with van der Waals surface area (Å²) in [4.78, 5) is 8.74. The molecule has 2 heterocycles. The molecule has 1 atom stereocenters. The number of aromatic nitrogens is 3. The Labute approximate surface area is 124 Å². The van der Waals surface area contributed by atoms with E-state index in [4.69, 9.17) is 11.6 Å². The first-order valence-corrected chi connectivity index (χ1v) is 6.84. The number of alkyl halides is 4. The van der Waals surface area contributed by atoms with Crippen LogP contribution < -0.4 is 0 Å². The number of pyridine rings is 1. The van der Waals surface area contributed by atoms with Gasteiger partial charge in [-0.1, -0.05) is 0 Å². The van der Waals surface area contributed by atoms with Crippen molar-refractivity contribution in [1.29, 1.82) is 0 Å². The summed E-state index contributed by atoms with van der Waals surface area (Å²) in [6.45, 7) is 2.45. The zero-order valence-electron chi connectivity index (χ0n) is 11.6. The Bertz CT molecular complexity index is 625. The SMILES string of the molecule is Cc1ccc2nc(C(C)Cl)n(CCOCC(F)(F)F)c2n1. The largest absolute Gasteiger partial charge is 0.411 e. The van der Waals surface area contributed by atoms with Gasteiger partial charge in [0.25, 0.3) is 0 Å². The van der Waals surface area contributed by atoms with E-state index in [9.17, 15) is 13.2 Å². The van der Waals surface area contributed by atoms with Crippen LogP contribution in [-0.4, -0.2) is 33.9 Å². The Hall–Kier alpha value is -1.34. The normalized spacial score (nSPS) is 13.8. The van der Waals surface area contributed by atoms with Gasteiger partial charge < -0.3 is 9.30 Å². The maximum absolute atomic E-state index is 12.1. The number of rotatable bonds is 5. The van der Waals surface area contributed by atoms with Crippen molar-refractivity contribution >= 4 is 22.8 Å². The van der Waals surface area contributed by atoms with Crippen molar-refractivity contribution in [3.63, 3.8) is 0 Å². The average Bonchev–Trinajstić information content (AvgIpc) is 2.72. The van der Waals surface area contributed by atoms with Gasteiger partial charge in [-0.3, -0.25) is 0 Å².